The second-order valence-corrected chi connectivity index (χ2v) is 7.61. The van der Waals surface area contributed by atoms with Crippen LogP contribution in [0.1, 0.15) is 33.4 Å². The molecule has 1 atom stereocenters. The molecule has 0 fully saturated rings. The summed E-state index contributed by atoms with van der Waals surface area (Å²) in [6.07, 6.45) is 2.70. The van der Waals surface area contributed by atoms with Crippen molar-refractivity contribution in [1.29, 1.82) is 0 Å². The van der Waals surface area contributed by atoms with Gasteiger partial charge in [-0.1, -0.05) is 30.3 Å². The van der Waals surface area contributed by atoms with Crippen molar-refractivity contribution in [1.82, 2.24) is 9.55 Å². The van der Waals surface area contributed by atoms with Gasteiger partial charge in [0.1, 0.15) is 30.2 Å². The maximum absolute atomic E-state index is 13.6. The lowest BCUT2D eigenvalue weighted by Crippen LogP contribution is -2.14. The van der Waals surface area contributed by atoms with Gasteiger partial charge in [0.05, 0.1) is 12.2 Å². The van der Waals surface area contributed by atoms with Gasteiger partial charge in [-0.05, 0) is 58.7 Å². The van der Waals surface area contributed by atoms with Gasteiger partial charge < -0.3 is 19.5 Å². The largest absolute Gasteiger partial charge is 0.478 e. The molecule has 0 saturated carbocycles. The van der Waals surface area contributed by atoms with Gasteiger partial charge in [-0.3, -0.25) is 0 Å². The number of carboxylic acids is 1. The molecule has 34 heavy (non-hydrogen) atoms. The van der Waals surface area contributed by atoms with Crippen LogP contribution >= 0.6 is 0 Å². The van der Waals surface area contributed by atoms with E-state index in [4.69, 9.17) is 4.74 Å². The number of rotatable bonds is 9. The normalized spacial score (nSPS) is 12.0. The van der Waals surface area contributed by atoms with Crippen molar-refractivity contribution in [2.24, 2.45) is 0 Å². The molecule has 0 aliphatic carbocycles. The summed E-state index contributed by atoms with van der Waals surface area (Å²) in [5, 5.41) is 19.1. The number of aliphatic hydroxyl groups is 1. The summed E-state index contributed by atoms with van der Waals surface area (Å²) in [6.45, 7) is 0.468. The van der Waals surface area contributed by atoms with E-state index >= 15 is 0 Å². The van der Waals surface area contributed by atoms with Gasteiger partial charge in [0.15, 0.2) is 0 Å². The number of nitrogens with zero attached hydrogens (tertiary/aromatic N) is 2. The topological polar surface area (TPSA) is 84.6 Å². The van der Waals surface area contributed by atoms with E-state index in [1.807, 2.05) is 0 Å². The van der Waals surface area contributed by atoms with E-state index in [1.165, 1.54) is 42.5 Å². The second-order valence-electron chi connectivity index (χ2n) is 7.61. The molecule has 0 spiro atoms. The summed E-state index contributed by atoms with van der Waals surface area (Å²) in [5.74, 6) is -1.42. The lowest BCUT2D eigenvalue weighted by atomic mass is 9.93. The second kappa shape index (κ2) is 10.4. The van der Waals surface area contributed by atoms with Gasteiger partial charge in [0, 0.05) is 18.9 Å². The van der Waals surface area contributed by atoms with Crippen LogP contribution in [-0.4, -0.2) is 32.3 Å². The van der Waals surface area contributed by atoms with Gasteiger partial charge in [-0.25, -0.2) is 18.6 Å². The fourth-order valence-electron chi connectivity index (χ4n) is 3.77. The standard InChI is InChI=1S/C26H22F2N2O4/c27-20-6-1-17(2-7-20)23-15-19(5-10-22(23)26(32)33)25(18-3-8-21(28)9-4-18)34-14-13-30-12-11-29-24(30)16-31/h1-12,15,25,31H,13-14,16H2,(H,32,33). The molecule has 2 N–H and O–H groups in total. The highest BCUT2D eigenvalue weighted by atomic mass is 19.1. The number of aromatic nitrogens is 2. The molecule has 8 heteroatoms. The first-order valence-electron chi connectivity index (χ1n) is 10.6. The SMILES string of the molecule is O=C(O)c1ccc(C(OCCn2ccnc2CO)c2ccc(F)cc2)cc1-c1ccc(F)cc1. The lowest BCUT2D eigenvalue weighted by molar-refractivity contribution is 0.0693. The van der Waals surface area contributed by atoms with Crippen molar-refractivity contribution < 1.29 is 28.5 Å². The summed E-state index contributed by atoms with van der Waals surface area (Å²) in [7, 11) is 0. The first kappa shape index (κ1) is 23.3. The number of carbonyl (C=O) groups is 1. The minimum atomic E-state index is -1.11. The molecule has 4 rings (SSSR count). The third kappa shape index (κ3) is 5.19. The quantitative estimate of drug-likeness (QED) is 0.371. The Bertz CT molecular complexity index is 1270. The molecule has 3 aromatic carbocycles. The van der Waals surface area contributed by atoms with Crippen LogP contribution in [-0.2, 0) is 17.9 Å². The van der Waals surface area contributed by atoms with Crippen LogP contribution in [0.25, 0.3) is 11.1 Å². The Hall–Kier alpha value is -3.88. The first-order chi connectivity index (χ1) is 16.5. The molecule has 174 valence electrons. The highest BCUT2D eigenvalue weighted by Gasteiger charge is 2.20. The molecular formula is C26H22F2N2O4. The molecule has 6 nitrogen and oxygen atoms in total. The van der Waals surface area contributed by atoms with Crippen molar-refractivity contribution in [2.45, 2.75) is 19.3 Å². The molecule has 0 bridgehead atoms. The average molecular weight is 464 g/mol. The predicted octanol–water partition coefficient (Wildman–Crippen LogP) is 4.83. The summed E-state index contributed by atoms with van der Waals surface area (Å²) in [4.78, 5) is 15.9. The number of hydrogen-bond acceptors (Lipinski definition) is 4. The zero-order valence-corrected chi connectivity index (χ0v) is 18.1. The first-order valence-corrected chi connectivity index (χ1v) is 10.6. The van der Waals surface area contributed by atoms with Crippen LogP contribution < -0.4 is 0 Å². The minimum Gasteiger partial charge on any atom is -0.478 e. The fourth-order valence-corrected chi connectivity index (χ4v) is 3.77. The van der Waals surface area contributed by atoms with Crippen molar-refractivity contribution in [3.8, 4) is 11.1 Å². The van der Waals surface area contributed by atoms with Crippen molar-refractivity contribution in [3.63, 3.8) is 0 Å². The zero-order chi connectivity index (χ0) is 24.1. The Balaban J connectivity index is 1.70. The maximum Gasteiger partial charge on any atom is 0.336 e. The Morgan fingerprint density at radius 2 is 1.62 bits per heavy atom. The van der Waals surface area contributed by atoms with Gasteiger partial charge in [-0.2, -0.15) is 0 Å². The molecule has 0 radical (unpaired) electrons. The molecule has 0 aliphatic rings. The molecule has 0 amide bonds. The fraction of sp³-hybridized carbons (Fsp3) is 0.154. The molecule has 1 heterocycles. The number of aromatic carboxylic acids is 1. The number of benzene rings is 3. The van der Waals surface area contributed by atoms with Crippen molar-refractivity contribution in [2.75, 3.05) is 6.61 Å². The van der Waals surface area contributed by atoms with E-state index in [-0.39, 0.29) is 24.6 Å². The summed E-state index contributed by atoms with van der Waals surface area (Å²) >= 11 is 0. The van der Waals surface area contributed by atoms with E-state index in [0.717, 1.165) is 0 Å². The number of ether oxygens (including phenoxy) is 1. The molecule has 1 aromatic heterocycles. The monoisotopic (exact) mass is 464 g/mol. The number of halogens is 2. The van der Waals surface area contributed by atoms with E-state index in [0.29, 0.717) is 34.6 Å². The number of aliphatic hydroxyl groups excluding tert-OH is 1. The highest BCUT2D eigenvalue weighted by molar-refractivity contribution is 5.96. The van der Waals surface area contributed by atoms with Gasteiger partial charge in [0.25, 0.3) is 0 Å². The minimum absolute atomic E-state index is 0.0687. The Kier molecular flexibility index (Phi) is 7.10. The van der Waals surface area contributed by atoms with Crippen LogP contribution in [0.5, 0.6) is 0 Å². The molecular weight excluding hydrogens is 442 g/mol. The van der Waals surface area contributed by atoms with Gasteiger partial charge in [-0.15, -0.1) is 0 Å². The average Bonchev–Trinajstić information content (AvgIpc) is 3.30. The zero-order valence-electron chi connectivity index (χ0n) is 18.1. The Morgan fingerprint density at radius 3 is 2.26 bits per heavy atom. The van der Waals surface area contributed by atoms with E-state index in [2.05, 4.69) is 4.98 Å². The van der Waals surface area contributed by atoms with Crippen molar-refractivity contribution in [3.05, 3.63) is 113 Å². The third-order valence-corrected chi connectivity index (χ3v) is 5.46. The van der Waals surface area contributed by atoms with Gasteiger partial charge in [0.2, 0.25) is 0 Å². The lowest BCUT2D eigenvalue weighted by Gasteiger charge is -2.21. The third-order valence-electron chi connectivity index (χ3n) is 5.46. The molecule has 4 aromatic rings. The number of carboxylic acid groups (broad SMARTS) is 1. The van der Waals surface area contributed by atoms with Crippen LogP contribution in [0, 0.1) is 11.6 Å². The number of imidazole rings is 1. The van der Waals surface area contributed by atoms with E-state index in [1.54, 1.807) is 41.2 Å². The molecule has 0 saturated heterocycles. The van der Waals surface area contributed by atoms with Crippen molar-refractivity contribution >= 4 is 5.97 Å². The van der Waals surface area contributed by atoms with E-state index in [9.17, 15) is 23.8 Å². The summed E-state index contributed by atoms with van der Waals surface area (Å²) in [6, 6.07) is 16.3. The smallest absolute Gasteiger partial charge is 0.336 e. The van der Waals surface area contributed by atoms with Crippen LogP contribution in [0.15, 0.2) is 79.1 Å². The summed E-state index contributed by atoms with van der Waals surface area (Å²) in [5.41, 5.74) is 2.37. The van der Waals surface area contributed by atoms with Crippen LogP contribution in [0.3, 0.4) is 0 Å². The van der Waals surface area contributed by atoms with E-state index < -0.39 is 17.9 Å². The molecule has 0 aliphatic heterocycles. The Labute approximate surface area is 194 Å². The maximum atomic E-state index is 13.6. The van der Waals surface area contributed by atoms with Crippen LogP contribution in [0.2, 0.25) is 0 Å². The van der Waals surface area contributed by atoms with Crippen LogP contribution in [0.4, 0.5) is 8.78 Å². The highest BCUT2D eigenvalue weighted by Crippen LogP contribution is 2.32. The molecule has 1 unspecified atom stereocenters. The Morgan fingerprint density at radius 1 is 0.971 bits per heavy atom. The number of hydrogen-bond donors (Lipinski definition) is 2. The predicted molar refractivity (Wildman–Crippen MR) is 121 cm³/mol. The van der Waals surface area contributed by atoms with Gasteiger partial charge >= 0.3 is 5.97 Å². The summed E-state index contributed by atoms with van der Waals surface area (Å²) < 4.78 is 34.9.